The normalized spacial score (nSPS) is 12.8. The van der Waals surface area contributed by atoms with Crippen LogP contribution in [0.5, 0.6) is 5.75 Å². The molecule has 8 nitrogen and oxygen atoms in total. The lowest BCUT2D eigenvalue weighted by Crippen LogP contribution is -2.53. The molecule has 0 saturated heterocycles. The van der Waals surface area contributed by atoms with Crippen molar-refractivity contribution in [3.8, 4) is 5.75 Å². The van der Waals surface area contributed by atoms with Crippen LogP contribution in [0.15, 0.2) is 36.4 Å². The summed E-state index contributed by atoms with van der Waals surface area (Å²) in [5, 5.41) is 16.9. The molecule has 0 fully saturated rings. The van der Waals surface area contributed by atoms with E-state index in [1.165, 1.54) is 4.90 Å². The van der Waals surface area contributed by atoms with Gasteiger partial charge in [-0.25, -0.2) is 4.79 Å². The number of para-hydroxylation sites is 2. The SMILES string of the molecule is CCCCCCN(C(=O)C(CS)NC(=O)OC(C)(C)C)C(C(=O)Nc1c(C)cccc1Cl)c1cccc(C)c1O. The highest BCUT2D eigenvalue weighted by Crippen LogP contribution is 2.34. The van der Waals surface area contributed by atoms with Gasteiger partial charge in [0.1, 0.15) is 23.4 Å². The largest absolute Gasteiger partial charge is 0.507 e. The fraction of sp³-hybridized carbons (Fsp3) is 0.500. The molecule has 0 aliphatic carbocycles. The number of aryl methyl sites for hydroxylation is 2. The summed E-state index contributed by atoms with van der Waals surface area (Å²) < 4.78 is 5.36. The van der Waals surface area contributed by atoms with E-state index in [1.54, 1.807) is 58.0 Å². The van der Waals surface area contributed by atoms with Gasteiger partial charge in [0.05, 0.1) is 10.7 Å². The number of phenolic OH excluding ortho intramolecular Hbond substituents is 1. The van der Waals surface area contributed by atoms with E-state index in [2.05, 4.69) is 30.2 Å². The number of unbranched alkanes of at least 4 members (excludes halogenated alkanes) is 3. The Balaban J connectivity index is 2.58. The van der Waals surface area contributed by atoms with Crippen LogP contribution in [0, 0.1) is 13.8 Å². The van der Waals surface area contributed by atoms with Crippen LogP contribution in [0.2, 0.25) is 5.02 Å². The molecule has 3 N–H and O–H groups in total. The number of anilines is 1. The fourth-order valence-corrected chi connectivity index (χ4v) is 4.76. The summed E-state index contributed by atoms with van der Waals surface area (Å²) >= 11 is 10.7. The summed E-state index contributed by atoms with van der Waals surface area (Å²) in [4.78, 5) is 42.1. The minimum atomic E-state index is -1.22. The van der Waals surface area contributed by atoms with Crippen molar-refractivity contribution in [2.45, 2.75) is 84.9 Å². The predicted molar refractivity (Wildman–Crippen MR) is 163 cm³/mol. The molecule has 220 valence electrons. The number of halogens is 1. The summed E-state index contributed by atoms with van der Waals surface area (Å²) in [6.45, 7) is 11.0. The number of carbonyl (C=O) groups excluding carboxylic acids is 3. The molecule has 2 aromatic rings. The third-order valence-corrected chi connectivity index (χ3v) is 6.98. The van der Waals surface area contributed by atoms with Gasteiger partial charge < -0.3 is 25.4 Å². The smallest absolute Gasteiger partial charge is 0.408 e. The number of aromatic hydroxyl groups is 1. The summed E-state index contributed by atoms with van der Waals surface area (Å²) in [7, 11) is 0. The third kappa shape index (κ3) is 9.34. The van der Waals surface area contributed by atoms with E-state index in [1.807, 2.05) is 13.0 Å². The molecule has 2 unspecified atom stereocenters. The third-order valence-electron chi connectivity index (χ3n) is 6.30. The minimum absolute atomic E-state index is 0.0265. The first kappa shape index (κ1) is 33.3. The summed E-state index contributed by atoms with van der Waals surface area (Å²) in [5.41, 5.74) is 1.22. The van der Waals surface area contributed by atoms with Crippen LogP contribution in [0.1, 0.15) is 76.1 Å². The van der Waals surface area contributed by atoms with Gasteiger partial charge in [0.15, 0.2) is 0 Å². The first-order chi connectivity index (χ1) is 18.8. The number of hydrogen-bond donors (Lipinski definition) is 4. The fourth-order valence-electron chi connectivity index (χ4n) is 4.25. The first-order valence-electron chi connectivity index (χ1n) is 13.6. The Morgan fingerprint density at radius 2 is 1.70 bits per heavy atom. The Kier molecular flexibility index (Phi) is 12.6. The van der Waals surface area contributed by atoms with Crippen LogP contribution in [-0.2, 0) is 14.3 Å². The highest BCUT2D eigenvalue weighted by Gasteiger charge is 2.37. The molecule has 0 heterocycles. The Morgan fingerprint density at radius 3 is 2.30 bits per heavy atom. The minimum Gasteiger partial charge on any atom is -0.507 e. The number of alkyl carbamates (subject to hydrolysis) is 1. The Hall–Kier alpha value is -2.91. The number of nitrogens with zero attached hydrogens (tertiary/aromatic N) is 1. The van der Waals surface area contributed by atoms with Crippen molar-refractivity contribution in [3.63, 3.8) is 0 Å². The van der Waals surface area contributed by atoms with Crippen LogP contribution in [-0.4, -0.2) is 51.9 Å². The van der Waals surface area contributed by atoms with Gasteiger partial charge in [0.25, 0.3) is 5.91 Å². The second kappa shape index (κ2) is 15.2. The number of ether oxygens (including phenoxy) is 1. The molecule has 2 atom stereocenters. The van der Waals surface area contributed by atoms with E-state index in [-0.39, 0.29) is 23.6 Å². The Labute approximate surface area is 248 Å². The lowest BCUT2D eigenvalue weighted by molar-refractivity contribution is -0.140. The lowest BCUT2D eigenvalue weighted by Gasteiger charge is -2.35. The lowest BCUT2D eigenvalue weighted by atomic mass is 9.98. The highest BCUT2D eigenvalue weighted by molar-refractivity contribution is 7.80. The highest BCUT2D eigenvalue weighted by atomic mass is 35.5. The molecule has 2 rings (SSSR count). The topological polar surface area (TPSA) is 108 Å². The molecular formula is C30H42ClN3O5S. The van der Waals surface area contributed by atoms with E-state index < -0.39 is 35.6 Å². The molecule has 0 saturated carbocycles. The molecule has 0 aliphatic rings. The van der Waals surface area contributed by atoms with Crippen LogP contribution in [0.4, 0.5) is 10.5 Å². The molecule has 2 aromatic carbocycles. The molecule has 10 heteroatoms. The van der Waals surface area contributed by atoms with Crippen molar-refractivity contribution in [2.75, 3.05) is 17.6 Å². The van der Waals surface area contributed by atoms with E-state index >= 15 is 0 Å². The van der Waals surface area contributed by atoms with E-state index in [4.69, 9.17) is 16.3 Å². The molecule has 40 heavy (non-hydrogen) atoms. The molecule has 0 bridgehead atoms. The summed E-state index contributed by atoms with van der Waals surface area (Å²) in [6.07, 6.45) is 2.63. The van der Waals surface area contributed by atoms with Crippen LogP contribution < -0.4 is 10.6 Å². The zero-order valence-corrected chi connectivity index (χ0v) is 25.9. The van der Waals surface area contributed by atoms with Gasteiger partial charge >= 0.3 is 6.09 Å². The number of rotatable bonds is 12. The average molecular weight is 592 g/mol. The number of carbonyl (C=O) groups is 3. The number of amides is 3. The number of hydrogen-bond acceptors (Lipinski definition) is 6. The standard InChI is InChI=1S/C30H42ClN3O5S/c1-7-8-9-10-17-34(28(37)23(18-40)32-29(38)39-30(4,5)6)25(21-15-11-14-20(3)26(21)35)27(36)33-24-19(2)13-12-16-22(24)31/h11-16,23,25,35,40H,7-10,17-18H2,1-6H3,(H,32,38)(H,33,36). The molecule has 0 radical (unpaired) electrons. The van der Waals surface area contributed by atoms with Gasteiger partial charge in [0, 0.05) is 17.9 Å². The van der Waals surface area contributed by atoms with Crippen molar-refractivity contribution in [3.05, 3.63) is 58.1 Å². The average Bonchev–Trinajstić information content (AvgIpc) is 2.87. The molecule has 0 aliphatic heterocycles. The van der Waals surface area contributed by atoms with Crippen molar-refractivity contribution in [1.29, 1.82) is 0 Å². The van der Waals surface area contributed by atoms with Crippen LogP contribution in [0.25, 0.3) is 0 Å². The zero-order valence-electron chi connectivity index (χ0n) is 24.2. The monoisotopic (exact) mass is 591 g/mol. The van der Waals surface area contributed by atoms with Crippen molar-refractivity contribution in [2.24, 2.45) is 0 Å². The zero-order chi connectivity index (χ0) is 30.0. The predicted octanol–water partition coefficient (Wildman–Crippen LogP) is 6.57. The number of nitrogens with one attached hydrogen (secondary N) is 2. The Bertz CT molecular complexity index is 1160. The molecular weight excluding hydrogens is 550 g/mol. The van der Waals surface area contributed by atoms with Crippen molar-refractivity contribution >= 4 is 47.8 Å². The number of phenols is 1. The summed E-state index contributed by atoms with van der Waals surface area (Å²) in [5.74, 6) is -1.18. The number of benzene rings is 2. The van der Waals surface area contributed by atoms with Crippen molar-refractivity contribution in [1.82, 2.24) is 10.2 Å². The van der Waals surface area contributed by atoms with Crippen molar-refractivity contribution < 1.29 is 24.2 Å². The molecule has 0 aromatic heterocycles. The van der Waals surface area contributed by atoms with E-state index in [0.717, 1.165) is 24.8 Å². The van der Waals surface area contributed by atoms with Gasteiger partial charge in [0.2, 0.25) is 5.91 Å². The maximum Gasteiger partial charge on any atom is 0.408 e. The Morgan fingerprint density at radius 1 is 1.05 bits per heavy atom. The second-order valence-corrected chi connectivity index (χ2v) is 11.6. The maximum atomic E-state index is 14.1. The van der Waals surface area contributed by atoms with Gasteiger partial charge in [-0.15, -0.1) is 0 Å². The van der Waals surface area contributed by atoms with E-state index in [9.17, 15) is 19.5 Å². The van der Waals surface area contributed by atoms with Gasteiger partial charge in [-0.3, -0.25) is 9.59 Å². The number of thiol groups is 1. The van der Waals surface area contributed by atoms with Gasteiger partial charge in [-0.05, 0) is 58.2 Å². The molecule has 0 spiro atoms. The van der Waals surface area contributed by atoms with Crippen LogP contribution >= 0.6 is 24.2 Å². The quantitative estimate of drug-likeness (QED) is 0.165. The van der Waals surface area contributed by atoms with Crippen LogP contribution in [0.3, 0.4) is 0 Å². The summed E-state index contributed by atoms with van der Waals surface area (Å²) in [6, 6.07) is 8.03. The molecule has 3 amide bonds. The van der Waals surface area contributed by atoms with E-state index in [0.29, 0.717) is 22.7 Å². The second-order valence-electron chi connectivity index (χ2n) is 10.8. The first-order valence-corrected chi connectivity index (χ1v) is 14.6. The maximum absolute atomic E-state index is 14.1. The van der Waals surface area contributed by atoms with Gasteiger partial charge in [-0.1, -0.05) is 68.1 Å². The van der Waals surface area contributed by atoms with Gasteiger partial charge in [-0.2, -0.15) is 12.6 Å².